The minimum atomic E-state index is -1.91. The molecule has 0 aliphatic carbocycles. The zero-order chi connectivity index (χ0) is 85.7. The van der Waals surface area contributed by atoms with Crippen molar-refractivity contribution in [2.75, 3.05) is 25.0 Å². The van der Waals surface area contributed by atoms with Crippen LogP contribution in [0.25, 0.3) is 10.8 Å². The molecule has 0 bridgehead atoms. The Balaban J connectivity index is 1.10. The molecule has 16 amide bonds. The summed E-state index contributed by atoms with van der Waals surface area (Å²) in [6.45, 7) is 11.3. The van der Waals surface area contributed by atoms with E-state index in [1.54, 1.807) is 74.5 Å². The molecule has 33 nitrogen and oxygen atoms in total. The predicted molar refractivity (Wildman–Crippen MR) is 438 cm³/mol. The number of rotatable bonds is 42. The van der Waals surface area contributed by atoms with Gasteiger partial charge in [0.2, 0.25) is 82.7 Å². The molecule has 2 aliphatic rings. The van der Waals surface area contributed by atoms with Gasteiger partial charge in [0.1, 0.15) is 66.5 Å². The van der Waals surface area contributed by atoms with Gasteiger partial charge in [0.05, 0.1) is 13.0 Å². The molecule has 0 radical (unpaired) electrons. The quantitative estimate of drug-likeness (QED) is 0.0242. The van der Waals surface area contributed by atoms with E-state index in [0.29, 0.717) is 64.2 Å². The van der Waals surface area contributed by atoms with Crippen LogP contribution in [0.2, 0.25) is 5.02 Å². The maximum absolute atomic E-state index is 15.5. The predicted octanol–water partition coefficient (Wildman–Crippen LogP) is 1.66. The number of anilines is 1. The van der Waals surface area contributed by atoms with E-state index in [1.807, 2.05) is 56.3 Å². The van der Waals surface area contributed by atoms with Crippen LogP contribution in [0.3, 0.4) is 0 Å². The van der Waals surface area contributed by atoms with Crippen LogP contribution in [0.4, 0.5) is 10.5 Å². The van der Waals surface area contributed by atoms with Gasteiger partial charge in [-0.25, -0.2) is 4.79 Å². The van der Waals surface area contributed by atoms with Crippen LogP contribution in [-0.2, 0) is 106 Å². The number of hydrogen-bond acceptors (Lipinski definition) is 18. The number of nitrogens with two attached hydrogens (primary N) is 1. The summed E-state index contributed by atoms with van der Waals surface area (Å²) in [4.78, 5) is 214. The number of primary amides is 1. The molecular formula is C84H106ClN17O16. The Morgan fingerprint density at radius 2 is 1.04 bits per heavy atom. The van der Waals surface area contributed by atoms with E-state index in [-0.39, 0.29) is 88.0 Å². The third-order valence-corrected chi connectivity index (χ3v) is 20.0. The number of benzene rings is 5. The van der Waals surface area contributed by atoms with E-state index in [9.17, 15) is 53.1 Å². The van der Waals surface area contributed by atoms with Gasteiger partial charge in [0.15, 0.2) is 0 Å². The average Bonchev–Trinajstić information content (AvgIpc) is 1.46. The van der Waals surface area contributed by atoms with Gasteiger partial charge in [0.25, 0.3) is 0 Å². The van der Waals surface area contributed by atoms with Gasteiger partial charge in [0, 0.05) is 88.2 Å². The van der Waals surface area contributed by atoms with Crippen LogP contribution in [0.1, 0.15) is 127 Å². The number of carbonyl (C=O) groups is 15. The summed E-state index contributed by atoms with van der Waals surface area (Å²) < 4.78 is 0. The molecule has 8 rings (SSSR count). The molecule has 0 saturated carbocycles. The van der Waals surface area contributed by atoms with E-state index < -0.39 is 162 Å². The van der Waals surface area contributed by atoms with Crippen molar-refractivity contribution >= 4 is 117 Å². The summed E-state index contributed by atoms with van der Waals surface area (Å²) in [5.41, 5.74) is 8.69. The molecule has 11 atom stereocenters. The first-order valence-corrected chi connectivity index (χ1v) is 39.7. The molecular weight excluding hydrogens is 1540 g/mol. The number of aliphatic hydroxyl groups excluding tert-OH is 1. The second-order valence-electron chi connectivity index (χ2n) is 30.3. The summed E-state index contributed by atoms with van der Waals surface area (Å²) in [6.07, 6.45) is 3.21. The molecule has 2 aliphatic heterocycles. The topological polar surface area (TPSA) is 487 Å². The smallest absolute Gasteiger partial charge is 0.322 e. The van der Waals surface area contributed by atoms with Crippen LogP contribution >= 0.6 is 11.6 Å². The number of nitrogens with one attached hydrogen (secondary N) is 14. The number of nitrogens with zero attached hydrogens (tertiary/aromatic N) is 2. The molecule has 118 heavy (non-hydrogen) atoms. The monoisotopic (exact) mass is 1640 g/mol. The van der Waals surface area contributed by atoms with Crippen LogP contribution in [-0.4, -0.2) is 196 Å². The van der Waals surface area contributed by atoms with Gasteiger partial charge < -0.3 is 84.9 Å². The highest BCUT2D eigenvalue weighted by Gasteiger charge is 2.41. The molecule has 34 heteroatoms. The zero-order valence-electron chi connectivity index (χ0n) is 67.0. The molecule has 0 spiro atoms. The third-order valence-electron chi connectivity index (χ3n) is 19.8. The Kier molecular flexibility index (Phi) is 34.6. The number of halogens is 1. The molecule has 2 saturated heterocycles. The van der Waals surface area contributed by atoms with E-state index in [2.05, 4.69) is 79.4 Å². The number of aromatic nitrogens is 1. The SMILES string of the molecule is CC(=O)NCc1ccc(C[C@@H](NC(=O)[C@H](Cc2ccc(NC(=O)[C@@H]3CC(=O)NC(=O)N3)cc2)NC(=O)[C@H](CO)NC(=O)[C@@H](Cc2cccnc2)NC(=O)[C@@H](Cc2ccc(Cl)cc2)NC(=O)[C@@H](Cc2ccc3ccccc3c2)NC(C)=O)C(=O)N[C@@H](CC(C)C)C(=O)N[C@@H](CCCCNC(C)C)C(=O)N2CCC[C@H]2C(=O)N[C@H](C)C(N)=O)cc1. The Morgan fingerprint density at radius 1 is 0.542 bits per heavy atom. The summed E-state index contributed by atoms with van der Waals surface area (Å²) in [5.74, 6) is -11.1. The van der Waals surface area contributed by atoms with Crippen molar-refractivity contribution in [2.45, 2.75) is 205 Å². The Bertz CT molecular complexity index is 4540. The first kappa shape index (κ1) is 91.3. The second kappa shape index (κ2) is 44.8. The first-order chi connectivity index (χ1) is 56.3. The van der Waals surface area contributed by atoms with Crippen molar-refractivity contribution in [1.82, 2.24) is 79.0 Å². The fraction of sp³-hybridized carbons (Fsp3) is 0.429. The molecule has 2 fully saturated rings. The molecule has 630 valence electrons. The first-order valence-electron chi connectivity index (χ1n) is 39.4. The highest BCUT2D eigenvalue weighted by atomic mass is 35.5. The van der Waals surface area contributed by atoms with Crippen molar-refractivity contribution in [3.8, 4) is 0 Å². The Hall–Kier alpha value is -12.2. The molecule has 0 unspecified atom stereocenters. The third kappa shape index (κ3) is 28.9. The van der Waals surface area contributed by atoms with Gasteiger partial charge in [-0.15, -0.1) is 0 Å². The number of hydrogen-bond donors (Lipinski definition) is 16. The fourth-order valence-corrected chi connectivity index (χ4v) is 13.7. The number of likely N-dealkylation sites (tertiary alicyclic amines) is 1. The number of unbranched alkanes of at least 4 members (excludes halogenated alkanes) is 1. The largest absolute Gasteiger partial charge is 0.394 e. The van der Waals surface area contributed by atoms with Crippen LogP contribution in [0.15, 0.2) is 140 Å². The lowest BCUT2D eigenvalue weighted by atomic mass is 9.99. The Labute approximate surface area is 688 Å². The number of fused-ring (bicyclic) bond motifs is 1. The number of imide groups is 1. The van der Waals surface area contributed by atoms with Crippen molar-refractivity contribution in [3.05, 3.63) is 178 Å². The minimum absolute atomic E-state index is 0.00820. The lowest BCUT2D eigenvalue weighted by molar-refractivity contribution is -0.142. The maximum Gasteiger partial charge on any atom is 0.322 e. The minimum Gasteiger partial charge on any atom is -0.394 e. The fourth-order valence-electron chi connectivity index (χ4n) is 13.5. The average molecular weight is 1650 g/mol. The van der Waals surface area contributed by atoms with E-state index in [0.717, 1.165) is 10.8 Å². The number of urea groups is 1. The normalized spacial score (nSPS) is 16.1. The second-order valence-corrected chi connectivity index (χ2v) is 30.7. The number of aliphatic hydroxyl groups is 1. The molecule has 5 aromatic carbocycles. The number of pyridine rings is 1. The maximum atomic E-state index is 15.5. The lowest BCUT2D eigenvalue weighted by Crippen LogP contribution is -2.62. The van der Waals surface area contributed by atoms with Crippen molar-refractivity contribution in [2.24, 2.45) is 11.7 Å². The highest BCUT2D eigenvalue weighted by molar-refractivity contribution is 6.30. The van der Waals surface area contributed by atoms with E-state index >= 15 is 24.0 Å². The summed E-state index contributed by atoms with van der Waals surface area (Å²) in [6, 6.07) is 19.2. The van der Waals surface area contributed by atoms with Crippen molar-refractivity contribution in [1.29, 1.82) is 0 Å². The van der Waals surface area contributed by atoms with E-state index in [1.165, 1.54) is 62.3 Å². The van der Waals surface area contributed by atoms with Gasteiger partial charge in [-0.2, -0.15) is 0 Å². The molecule has 3 heterocycles. The summed E-state index contributed by atoms with van der Waals surface area (Å²) >= 11 is 6.27. The molecule has 1 aromatic heterocycles. The molecule has 6 aromatic rings. The lowest BCUT2D eigenvalue weighted by Gasteiger charge is -2.31. The highest BCUT2D eigenvalue weighted by Crippen LogP contribution is 2.23. The van der Waals surface area contributed by atoms with Crippen molar-refractivity contribution in [3.63, 3.8) is 0 Å². The van der Waals surface area contributed by atoms with Crippen LogP contribution < -0.4 is 80.2 Å². The zero-order valence-corrected chi connectivity index (χ0v) is 67.8. The Morgan fingerprint density at radius 3 is 1.58 bits per heavy atom. The summed E-state index contributed by atoms with van der Waals surface area (Å²) in [5, 5.41) is 50.9. The van der Waals surface area contributed by atoms with Crippen LogP contribution in [0.5, 0.6) is 0 Å². The standard InChI is InChI=1S/C84H106ClN17O16/c1-47(2)36-63(75(109)93-62(17-10-11-34-88-48(3)4)83(117)102-35-13-18-71(102)82(116)90-49(5)73(86)107)94-77(111)65(38-52-19-21-55(22-20-52)45-89-50(6)104)96-79(113)67(40-54-26-31-61(32-27-54)92-74(108)69-43-72(106)101-84(118)100-69)98-81(115)70(46-103)99-80(114)68(42-57-14-12-33-87-44-57)97-78(112)66(39-53-24-29-60(85)30-25-53)95-76(110)64(91-51(7)105)41-56-23-28-58-15-8-9-16-59(58)37-56/h8-9,12,14-16,19-33,37,44,47-49,62-71,88,103H,10-11,13,17-18,34-36,38-43,45-46H2,1-7H3,(H2,86,107)(H,89,104)(H,90,116)(H,91,105)(H,92,108)(H,93,109)(H,94,111)(H,95,110)(H,96,113)(H,97,112)(H,98,115)(H,99,114)(H2,100,101,106,118)/t49-,62+,63+,64-,65-,66-,67+,68-,69+,70+,71+/m1/s1. The number of carbonyl (C=O) groups excluding carboxylic acids is 15. The van der Waals surface area contributed by atoms with E-state index in [4.69, 9.17) is 17.3 Å². The molecule has 17 N–H and O–H groups in total. The van der Waals surface area contributed by atoms with Crippen molar-refractivity contribution < 1.29 is 77.0 Å². The van der Waals surface area contributed by atoms with Gasteiger partial charge in [-0.1, -0.05) is 136 Å². The van der Waals surface area contributed by atoms with Gasteiger partial charge in [-0.05, 0) is 132 Å². The van der Waals surface area contributed by atoms with Crippen LogP contribution in [0, 0.1) is 5.92 Å². The van der Waals surface area contributed by atoms with Gasteiger partial charge >= 0.3 is 6.03 Å². The summed E-state index contributed by atoms with van der Waals surface area (Å²) in [7, 11) is 0. The number of amides is 16. The van der Waals surface area contributed by atoms with Gasteiger partial charge in [-0.3, -0.25) is 77.4 Å².